The standard InChI is InChI=1S/C20H25N7O6/c1-21-11-5-3-2-4-10(11)17(31)22-6-7-23-20-25-16-13(18(32)26-20)24-9-27(16)19-15(30)14(29)12(8-28)33-19/h2-5,9,12,14-15,19,21,28-30H,6-8H2,1H3,(H,22,31)(H2,23,25,26,32)/t12-,14-,15-,19-/m1/s1. The van der Waals surface area contributed by atoms with E-state index in [9.17, 15) is 24.9 Å². The number of hydrogen-bond donors (Lipinski definition) is 7. The van der Waals surface area contributed by atoms with Crippen LogP contribution in [0.3, 0.4) is 0 Å². The number of nitrogens with one attached hydrogen (secondary N) is 4. The van der Waals surface area contributed by atoms with Crippen molar-refractivity contribution in [1.82, 2.24) is 24.8 Å². The Bertz CT molecular complexity index is 1200. The molecule has 4 atom stereocenters. The van der Waals surface area contributed by atoms with Gasteiger partial charge >= 0.3 is 0 Å². The minimum Gasteiger partial charge on any atom is -0.394 e. The predicted molar refractivity (Wildman–Crippen MR) is 118 cm³/mol. The van der Waals surface area contributed by atoms with Crippen LogP contribution in [-0.4, -0.2) is 85.8 Å². The van der Waals surface area contributed by atoms with E-state index >= 15 is 0 Å². The molecule has 1 amide bonds. The summed E-state index contributed by atoms with van der Waals surface area (Å²) in [6.45, 7) is 0.0449. The zero-order valence-corrected chi connectivity index (χ0v) is 17.7. The Hall–Kier alpha value is -3.52. The van der Waals surface area contributed by atoms with Crippen LogP contribution in [0.2, 0.25) is 0 Å². The topological polar surface area (TPSA) is 187 Å². The van der Waals surface area contributed by atoms with Crippen molar-refractivity contribution < 1.29 is 24.9 Å². The molecule has 0 aliphatic carbocycles. The Morgan fingerprint density at radius 1 is 1.24 bits per heavy atom. The third-order valence-corrected chi connectivity index (χ3v) is 5.37. The van der Waals surface area contributed by atoms with Crippen LogP contribution in [0.4, 0.5) is 11.6 Å². The third kappa shape index (κ3) is 4.39. The van der Waals surface area contributed by atoms with Crippen molar-refractivity contribution in [2.75, 3.05) is 37.4 Å². The number of anilines is 2. The van der Waals surface area contributed by atoms with Gasteiger partial charge in [0.05, 0.1) is 18.5 Å². The Balaban J connectivity index is 1.44. The molecular weight excluding hydrogens is 434 g/mol. The van der Waals surface area contributed by atoms with Crippen molar-refractivity contribution in [3.05, 3.63) is 46.5 Å². The Morgan fingerprint density at radius 2 is 2.03 bits per heavy atom. The molecule has 1 aromatic carbocycles. The normalized spacial score (nSPS) is 22.4. The fourth-order valence-electron chi connectivity index (χ4n) is 3.66. The maximum absolute atomic E-state index is 12.4. The summed E-state index contributed by atoms with van der Waals surface area (Å²) in [7, 11) is 1.73. The van der Waals surface area contributed by atoms with Crippen LogP contribution >= 0.6 is 0 Å². The van der Waals surface area contributed by atoms with Crippen LogP contribution in [0.25, 0.3) is 11.2 Å². The minimum atomic E-state index is -1.34. The van der Waals surface area contributed by atoms with Crippen molar-refractivity contribution in [2.24, 2.45) is 0 Å². The number of fused-ring (bicyclic) bond motifs is 1. The number of benzene rings is 1. The summed E-state index contributed by atoms with van der Waals surface area (Å²) in [5.74, 6) is -0.119. The van der Waals surface area contributed by atoms with E-state index in [1.807, 2.05) is 6.07 Å². The SMILES string of the molecule is CNc1ccccc1C(=O)NCCNc1nc2c(ncn2[C@@H]2O[C@H](CO)[C@@H](O)[C@H]2O)c(=O)[nH]1. The number of aromatic amines is 1. The molecule has 0 spiro atoms. The first kappa shape index (κ1) is 22.7. The first-order chi connectivity index (χ1) is 15.9. The van der Waals surface area contributed by atoms with Crippen LogP contribution in [0.5, 0.6) is 0 Å². The quantitative estimate of drug-likeness (QED) is 0.198. The fraction of sp³-hybridized carbons (Fsp3) is 0.400. The average molecular weight is 459 g/mol. The highest BCUT2D eigenvalue weighted by atomic mass is 16.6. The van der Waals surface area contributed by atoms with Gasteiger partial charge in [-0.15, -0.1) is 0 Å². The Kier molecular flexibility index (Phi) is 6.55. The van der Waals surface area contributed by atoms with Gasteiger partial charge in [0.15, 0.2) is 17.4 Å². The number of para-hydroxylation sites is 1. The number of hydrogen-bond acceptors (Lipinski definition) is 10. The molecule has 0 unspecified atom stereocenters. The van der Waals surface area contributed by atoms with E-state index in [1.165, 1.54) is 10.9 Å². The molecule has 1 saturated heterocycles. The molecular formula is C20H25N7O6. The van der Waals surface area contributed by atoms with Crippen LogP contribution in [0, 0.1) is 0 Å². The van der Waals surface area contributed by atoms with Gasteiger partial charge in [-0.25, -0.2) is 4.98 Å². The summed E-state index contributed by atoms with van der Waals surface area (Å²) in [6, 6.07) is 7.11. The molecule has 1 fully saturated rings. The smallest absolute Gasteiger partial charge is 0.280 e. The largest absolute Gasteiger partial charge is 0.394 e. The summed E-state index contributed by atoms with van der Waals surface area (Å²) in [6.07, 6.45) is -3.41. The van der Waals surface area contributed by atoms with Crippen LogP contribution in [0.1, 0.15) is 16.6 Å². The number of amides is 1. The maximum Gasteiger partial charge on any atom is 0.280 e. The van der Waals surface area contributed by atoms with E-state index in [0.29, 0.717) is 11.3 Å². The van der Waals surface area contributed by atoms with Gasteiger partial charge in [-0.05, 0) is 12.1 Å². The lowest BCUT2D eigenvalue weighted by molar-refractivity contribution is -0.0511. The highest BCUT2D eigenvalue weighted by molar-refractivity contribution is 5.99. The van der Waals surface area contributed by atoms with E-state index in [0.717, 1.165) is 0 Å². The van der Waals surface area contributed by atoms with E-state index in [-0.39, 0.29) is 36.1 Å². The maximum atomic E-state index is 12.4. The van der Waals surface area contributed by atoms with Crippen LogP contribution < -0.4 is 21.5 Å². The Labute approximate surface area is 187 Å². The number of ether oxygens (including phenoxy) is 1. The summed E-state index contributed by atoms with van der Waals surface area (Å²) in [4.78, 5) is 35.7. The third-order valence-electron chi connectivity index (χ3n) is 5.37. The molecule has 7 N–H and O–H groups in total. The number of aliphatic hydroxyl groups is 3. The average Bonchev–Trinajstić information content (AvgIpc) is 3.37. The second-order valence-corrected chi connectivity index (χ2v) is 7.45. The lowest BCUT2D eigenvalue weighted by Crippen LogP contribution is -2.33. The second kappa shape index (κ2) is 9.54. The number of aliphatic hydroxyl groups excluding tert-OH is 3. The highest BCUT2D eigenvalue weighted by Gasteiger charge is 2.44. The molecule has 2 aromatic heterocycles. The summed E-state index contributed by atoms with van der Waals surface area (Å²) < 4.78 is 6.83. The van der Waals surface area contributed by atoms with Crippen molar-refractivity contribution >= 4 is 28.7 Å². The number of H-pyrrole nitrogens is 1. The number of aromatic nitrogens is 4. The highest BCUT2D eigenvalue weighted by Crippen LogP contribution is 2.30. The predicted octanol–water partition coefficient (Wildman–Crippen LogP) is -1.39. The first-order valence-electron chi connectivity index (χ1n) is 10.3. The molecule has 4 rings (SSSR count). The van der Waals surface area contributed by atoms with Gasteiger partial charge in [-0.2, -0.15) is 4.98 Å². The van der Waals surface area contributed by atoms with E-state index in [4.69, 9.17) is 4.74 Å². The van der Waals surface area contributed by atoms with Crippen LogP contribution in [0.15, 0.2) is 35.4 Å². The van der Waals surface area contributed by atoms with Crippen molar-refractivity contribution in [2.45, 2.75) is 24.5 Å². The van der Waals surface area contributed by atoms with Gasteiger partial charge < -0.3 is 36.0 Å². The molecule has 0 radical (unpaired) electrons. The summed E-state index contributed by atoms with van der Waals surface area (Å²) in [5.41, 5.74) is 0.853. The first-order valence-corrected chi connectivity index (χ1v) is 10.3. The van der Waals surface area contributed by atoms with Gasteiger partial charge in [0, 0.05) is 25.8 Å². The lowest BCUT2D eigenvalue weighted by Gasteiger charge is -2.16. The molecule has 3 aromatic rings. The van der Waals surface area contributed by atoms with E-state index in [1.54, 1.807) is 25.2 Å². The molecule has 1 aliphatic heterocycles. The summed E-state index contributed by atoms with van der Waals surface area (Å²) in [5, 5.41) is 38.3. The fourth-order valence-corrected chi connectivity index (χ4v) is 3.66. The van der Waals surface area contributed by atoms with Crippen LogP contribution in [-0.2, 0) is 4.74 Å². The molecule has 0 bridgehead atoms. The number of carbonyl (C=O) groups is 1. The molecule has 13 nitrogen and oxygen atoms in total. The monoisotopic (exact) mass is 459 g/mol. The van der Waals surface area contributed by atoms with Crippen molar-refractivity contribution in [3.63, 3.8) is 0 Å². The van der Waals surface area contributed by atoms with Crippen molar-refractivity contribution in [1.29, 1.82) is 0 Å². The van der Waals surface area contributed by atoms with Gasteiger partial charge in [-0.1, -0.05) is 12.1 Å². The molecule has 3 heterocycles. The van der Waals surface area contributed by atoms with E-state index in [2.05, 4.69) is 30.9 Å². The summed E-state index contributed by atoms with van der Waals surface area (Å²) >= 11 is 0. The number of rotatable bonds is 8. The van der Waals surface area contributed by atoms with Gasteiger partial charge in [-0.3, -0.25) is 19.1 Å². The van der Waals surface area contributed by atoms with Gasteiger partial charge in [0.25, 0.3) is 11.5 Å². The van der Waals surface area contributed by atoms with Crippen molar-refractivity contribution in [3.8, 4) is 0 Å². The molecule has 176 valence electrons. The minimum absolute atomic E-state index is 0.0234. The number of imidazole rings is 1. The Morgan fingerprint density at radius 3 is 2.76 bits per heavy atom. The second-order valence-electron chi connectivity index (χ2n) is 7.45. The molecule has 0 saturated carbocycles. The molecule has 33 heavy (non-hydrogen) atoms. The number of carbonyl (C=O) groups excluding carboxylic acids is 1. The van der Waals surface area contributed by atoms with Gasteiger partial charge in [0.2, 0.25) is 5.95 Å². The zero-order valence-electron chi connectivity index (χ0n) is 17.7. The van der Waals surface area contributed by atoms with Gasteiger partial charge in [0.1, 0.15) is 18.3 Å². The lowest BCUT2D eigenvalue weighted by atomic mass is 10.1. The zero-order chi connectivity index (χ0) is 23.5. The molecule has 1 aliphatic rings. The molecule has 13 heteroatoms. The van der Waals surface area contributed by atoms with E-state index < -0.39 is 36.7 Å². The number of nitrogens with zero attached hydrogens (tertiary/aromatic N) is 3.